The highest BCUT2D eigenvalue weighted by Crippen LogP contribution is 2.29. The molecule has 0 bridgehead atoms. The number of rotatable bonds is 4. The summed E-state index contributed by atoms with van der Waals surface area (Å²) in [4.78, 5) is 16.3. The van der Waals surface area contributed by atoms with Crippen LogP contribution in [0.2, 0.25) is 5.02 Å². The average molecular weight is 358 g/mol. The first-order valence-electron chi connectivity index (χ1n) is 6.79. The second-order valence-corrected chi connectivity index (χ2v) is 6.46. The van der Waals surface area contributed by atoms with Crippen LogP contribution in [0.1, 0.15) is 18.1 Å². The number of amides is 1. The lowest BCUT2D eigenvalue weighted by atomic mass is 10.2. The summed E-state index contributed by atoms with van der Waals surface area (Å²) in [5, 5.41) is 21.0. The molecule has 3 N–H and O–H groups in total. The Morgan fingerprint density at radius 1 is 1.33 bits per heavy atom. The van der Waals surface area contributed by atoms with Crippen molar-refractivity contribution in [2.75, 3.05) is 11.1 Å². The third-order valence-corrected chi connectivity index (χ3v) is 4.48. The molecule has 0 saturated carbocycles. The largest absolute Gasteiger partial charge is 0.383 e. The predicted molar refractivity (Wildman–Crippen MR) is 93.5 cm³/mol. The van der Waals surface area contributed by atoms with Gasteiger partial charge in [-0.25, -0.2) is 4.98 Å². The molecule has 8 heteroatoms. The van der Waals surface area contributed by atoms with Crippen molar-refractivity contribution < 1.29 is 4.79 Å². The Kier molecular flexibility index (Phi) is 5.64. The number of nitrogens with one attached hydrogen (secondary N) is 1. The second kappa shape index (κ2) is 7.69. The van der Waals surface area contributed by atoms with Gasteiger partial charge in [0.25, 0.3) is 0 Å². The minimum absolute atomic E-state index is 0.0257. The van der Waals surface area contributed by atoms with Crippen molar-refractivity contribution >= 4 is 40.8 Å². The van der Waals surface area contributed by atoms with Crippen molar-refractivity contribution in [2.24, 2.45) is 0 Å². The number of nitrogens with two attached hydrogens (primary N) is 1. The lowest BCUT2D eigenvalue weighted by Gasteiger charge is -2.13. The van der Waals surface area contributed by atoms with Gasteiger partial charge in [-0.1, -0.05) is 35.5 Å². The number of anilines is 2. The number of pyridine rings is 1. The Morgan fingerprint density at radius 3 is 2.62 bits per heavy atom. The van der Waals surface area contributed by atoms with Crippen LogP contribution in [0.25, 0.3) is 0 Å². The molecule has 1 heterocycles. The Bertz CT molecular complexity index is 872. The van der Waals surface area contributed by atoms with E-state index in [1.165, 1.54) is 6.07 Å². The molecule has 1 aromatic heterocycles. The number of carbonyl (C=O) groups excluding carboxylic acids is 1. The summed E-state index contributed by atoms with van der Waals surface area (Å²) in [5.41, 5.74) is 6.51. The molecule has 6 nitrogen and oxygen atoms in total. The molecule has 0 radical (unpaired) electrons. The molecule has 2 rings (SSSR count). The van der Waals surface area contributed by atoms with E-state index in [9.17, 15) is 10.1 Å². The van der Waals surface area contributed by atoms with Crippen molar-refractivity contribution in [3.8, 4) is 12.1 Å². The highest BCUT2D eigenvalue weighted by Gasteiger charge is 2.19. The highest BCUT2D eigenvalue weighted by molar-refractivity contribution is 8.00. The van der Waals surface area contributed by atoms with E-state index in [4.69, 9.17) is 22.6 Å². The molecule has 0 unspecified atom stereocenters. The summed E-state index contributed by atoms with van der Waals surface area (Å²) >= 11 is 7.09. The van der Waals surface area contributed by atoms with Gasteiger partial charge < -0.3 is 11.1 Å². The Hall–Kier alpha value is -2.74. The first kappa shape index (κ1) is 17.6. The van der Waals surface area contributed by atoms with Gasteiger partial charge in [0.05, 0.1) is 27.1 Å². The van der Waals surface area contributed by atoms with Crippen LogP contribution in [-0.4, -0.2) is 16.1 Å². The first-order chi connectivity index (χ1) is 11.5. The van der Waals surface area contributed by atoms with Gasteiger partial charge in [-0.3, -0.25) is 4.79 Å². The van der Waals surface area contributed by atoms with Crippen molar-refractivity contribution in [2.45, 2.75) is 17.2 Å². The molecule has 0 aliphatic heterocycles. The van der Waals surface area contributed by atoms with E-state index in [-0.39, 0.29) is 22.9 Å². The van der Waals surface area contributed by atoms with Crippen LogP contribution in [0.3, 0.4) is 0 Å². The number of nitrogen functional groups attached to an aromatic ring is 1. The van der Waals surface area contributed by atoms with Gasteiger partial charge in [-0.05, 0) is 25.1 Å². The summed E-state index contributed by atoms with van der Waals surface area (Å²) in [6.07, 6.45) is 0. The molecule has 0 aliphatic rings. The summed E-state index contributed by atoms with van der Waals surface area (Å²) in [5.74, 6) is -0.264. The van der Waals surface area contributed by atoms with E-state index >= 15 is 0 Å². The number of halogens is 1. The zero-order valence-electron chi connectivity index (χ0n) is 12.6. The SMILES string of the molecule is C[C@@H](Sc1nc(N)c(C#N)cc1C#N)C(=O)Nc1ccccc1Cl. The fourth-order valence-corrected chi connectivity index (χ4v) is 2.85. The van der Waals surface area contributed by atoms with Gasteiger partial charge in [0, 0.05) is 0 Å². The van der Waals surface area contributed by atoms with Gasteiger partial charge in [-0.15, -0.1) is 0 Å². The Balaban J connectivity index is 2.18. The maximum Gasteiger partial charge on any atom is 0.237 e. The third kappa shape index (κ3) is 3.96. The first-order valence-corrected chi connectivity index (χ1v) is 8.04. The van der Waals surface area contributed by atoms with E-state index in [0.29, 0.717) is 15.7 Å². The van der Waals surface area contributed by atoms with Gasteiger partial charge >= 0.3 is 0 Å². The minimum atomic E-state index is -0.548. The molecule has 1 aromatic carbocycles. The molecule has 1 atom stereocenters. The summed E-state index contributed by atoms with van der Waals surface area (Å²) < 4.78 is 0. The number of hydrogen-bond donors (Lipinski definition) is 2. The van der Waals surface area contributed by atoms with E-state index in [1.54, 1.807) is 31.2 Å². The number of benzene rings is 1. The Labute approximate surface area is 148 Å². The van der Waals surface area contributed by atoms with Crippen LogP contribution >= 0.6 is 23.4 Å². The molecule has 0 saturated heterocycles. The van der Waals surface area contributed by atoms with Crippen LogP contribution in [0.4, 0.5) is 11.5 Å². The molecule has 2 aromatic rings. The number of nitriles is 2. The van der Waals surface area contributed by atoms with E-state index in [2.05, 4.69) is 10.3 Å². The molecular formula is C16H12ClN5OS. The van der Waals surface area contributed by atoms with Crippen molar-refractivity contribution in [3.63, 3.8) is 0 Å². The normalized spacial score (nSPS) is 11.2. The summed E-state index contributed by atoms with van der Waals surface area (Å²) in [7, 11) is 0. The number of carbonyl (C=O) groups is 1. The van der Waals surface area contributed by atoms with Crippen LogP contribution in [0.5, 0.6) is 0 Å². The van der Waals surface area contributed by atoms with Gasteiger partial charge in [0.15, 0.2) is 0 Å². The lowest BCUT2D eigenvalue weighted by Crippen LogP contribution is -2.22. The maximum absolute atomic E-state index is 12.3. The van der Waals surface area contributed by atoms with Gasteiger partial charge in [0.1, 0.15) is 23.0 Å². The maximum atomic E-state index is 12.3. The van der Waals surface area contributed by atoms with E-state index < -0.39 is 5.25 Å². The topological polar surface area (TPSA) is 116 Å². The minimum Gasteiger partial charge on any atom is -0.383 e. The lowest BCUT2D eigenvalue weighted by molar-refractivity contribution is -0.115. The van der Waals surface area contributed by atoms with Gasteiger partial charge in [0.2, 0.25) is 5.91 Å². The van der Waals surface area contributed by atoms with Crippen LogP contribution in [0, 0.1) is 22.7 Å². The number of para-hydroxylation sites is 1. The van der Waals surface area contributed by atoms with Crippen LogP contribution in [-0.2, 0) is 4.79 Å². The van der Waals surface area contributed by atoms with E-state index in [1.807, 2.05) is 12.1 Å². The summed E-state index contributed by atoms with van der Waals surface area (Å²) in [6, 6.07) is 12.1. The zero-order valence-corrected chi connectivity index (χ0v) is 14.1. The quantitative estimate of drug-likeness (QED) is 0.812. The van der Waals surface area contributed by atoms with Crippen molar-refractivity contribution in [1.82, 2.24) is 4.98 Å². The van der Waals surface area contributed by atoms with Crippen molar-refractivity contribution in [3.05, 3.63) is 46.5 Å². The van der Waals surface area contributed by atoms with Crippen molar-refractivity contribution in [1.29, 1.82) is 10.5 Å². The fraction of sp³-hybridized carbons (Fsp3) is 0.125. The van der Waals surface area contributed by atoms with Crippen LogP contribution in [0.15, 0.2) is 35.4 Å². The molecule has 0 spiro atoms. The van der Waals surface area contributed by atoms with Crippen LogP contribution < -0.4 is 11.1 Å². The molecule has 1 amide bonds. The predicted octanol–water partition coefficient (Wildman–Crippen LogP) is 3.18. The van der Waals surface area contributed by atoms with Gasteiger partial charge in [-0.2, -0.15) is 10.5 Å². The standard InChI is InChI=1S/C16H12ClN5OS/c1-9(15(23)21-13-5-3-2-4-12(13)17)24-16-11(8-19)6-10(7-18)14(20)22-16/h2-6,9H,1H3,(H2,20,22)(H,21,23)/t9-/m1/s1. The Morgan fingerprint density at radius 2 is 2.00 bits per heavy atom. The molecule has 0 aliphatic carbocycles. The molecule has 24 heavy (non-hydrogen) atoms. The highest BCUT2D eigenvalue weighted by atomic mass is 35.5. The zero-order chi connectivity index (χ0) is 17.7. The number of thioether (sulfide) groups is 1. The van der Waals surface area contributed by atoms with E-state index in [0.717, 1.165) is 11.8 Å². The second-order valence-electron chi connectivity index (χ2n) is 4.73. The number of hydrogen-bond acceptors (Lipinski definition) is 6. The third-order valence-electron chi connectivity index (χ3n) is 3.05. The average Bonchev–Trinajstić information content (AvgIpc) is 2.57. The number of nitrogens with zero attached hydrogens (tertiary/aromatic N) is 3. The molecule has 120 valence electrons. The smallest absolute Gasteiger partial charge is 0.237 e. The fourth-order valence-electron chi connectivity index (χ4n) is 1.79. The molecular weight excluding hydrogens is 346 g/mol. The summed E-state index contributed by atoms with van der Waals surface area (Å²) in [6.45, 7) is 1.67. The monoisotopic (exact) mass is 357 g/mol. The number of aromatic nitrogens is 1. The molecule has 0 fully saturated rings.